The van der Waals surface area contributed by atoms with Crippen LogP contribution >= 0.6 is 58.0 Å². The van der Waals surface area contributed by atoms with Crippen LogP contribution in [0.5, 0.6) is 0 Å². The summed E-state index contributed by atoms with van der Waals surface area (Å²) in [5, 5.41) is 1.96. The number of hydrogen-bond acceptors (Lipinski definition) is 8. The van der Waals surface area contributed by atoms with Gasteiger partial charge in [0.1, 0.15) is 10.8 Å². The summed E-state index contributed by atoms with van der Waals surface area (Å²) in [4.78, 5) is 69.2. The Hall–Kier alpha value is -4.21. The van der Waals surface area contributed by atoms with Gasteiger partial charge < -0.3 is 16.5 Å². The van der Waals surface area contributed by atoms with Gasteiger partial charge in [0.05, 0.1) is 10.8 Å². The third-order valence-corrected chi connectivity index (χ3v) is 9.58. The Kier molecular flexibility index (Phi) is 10.5. The molecule has 0 aliphatic heterocycles. The van der Waals surface area contributed by atoms with Crippen LogP contribution in [0.1, 0.15) is 11.1 Å². The van der Waals surface area contributed by atoms with E-state index in [0.717, 1.165) is 9.13 Å². The normalized spacial score (nSPS) is 11.3. The first kappa shape index (κ1) is 37.1. The average molecular weight is 781 g/mol. The van der Waals surface area contributed by atoms with E-state index in [-0.39, 0.29) is 50.9 Å². The smallest absolute Gasteiger partial charge is 0.326 e. The molecule has 0 saturated carbocycles. The molecule has 13 nitrogen and oxygen atoms in total. The maximum absolute atomic E-state index is 12.8. The second-order valence-corrected chi connectivity index (χ2v) is 13.1. The maximum Gasteiger partial charge on any atom is 0.332 e. The number of aromatic amines is 1. The molecule has 4 heterocycles. The van der Waals surface area contributed by atoms with Gasteiger partial charge in [0, 0.05) is 94.8 Å². The number of rotatable bonds is 4. The maximum atomic E-state index is 12.8. The molecule has 0 aliphatic carbocycles. The van der Waals surface area contributed by atoms with Gasteiger partial charge in [-0.05, 0) is 24.3 Å². The molecule has 0 amide bonds. The molecule has 0 saturated heterocycles. The summed E-state index contributed by atoms with van der Waals surface area (Å²) < 4.78 is 4.43. The number of nitrogens with one attached hydrogen (secondary N) is 1. The minimum absolute atomic E-state index is 0.0437. The number of fused-ring (bicyclic) bond motifs is 2. The van der Waals surface area contributed by atoms with Gasteiger partial charge in [-0.2, -0.15) is 0 Å². The number of halogens is 5. The molecule has 6 rings (SSSR count). The number of pyridine rings is 2. The number of benzene rings is 2. The van der Waals surface area contributed by atoms with Crippen molar-refractivity contribution in [3.63, 3.8) is 0 Å². The number of hydrogen-bond donors (Lipinski definition) is 3. The molecular weight excluding hydrogens is 754 g/mol. The minimum Gasteiger partial charge on any atom is -0.326 e. The van der Waals surface area contributed by atoms with Crippen molar-refractivity contribution in [2.75, 3.05) is 0 Å². The standard InChI is InChI=1S/C16H13Cl3N4O2.C16H14Cl2N4O3/c1-22-14-12(15(24)23(2)16(22)25)11(9(6-20)13(19)21-14)8-4-3-7(17)5-10(8)18;1-21-13-12(15(24)22(2)16(21)25)11(9(6-19)14(23)20-13)8-4-3-7(17)5-10(8)18/h3-5H,6,20H2,1-2H3;3-5H,6,19H2,1-2H3,(H,20,23). The van der Waals surface area contributed by atoms with Crippen molar-refractivity contribution < 1.29 is 0 Å². The largest absolute Gasteiger partial charge is 0.332 e. The highest BCUT2D eigenvalue weighted by Gasteiger charge is 2.23. The van der Waals surface area contributed by atoms with Crippen LogP contribution in [-0.4, -0.2) is 28.2 Å². The van der Waals surface area contributed by atoms with Crippen molar-refractivity contribution in [3.8, 4) is 22.3 Å². The lowest BCUT2D eigenvalue weighted by Gasteiger charge is -2.16. The third-order valence-electron chi connectivity index (χ3n) is 8.17. The first-order valence-electron chi connectivity index (χ1n) is 14.5. The van der Waals surface area contributed by atoms with Crippen molar-refractivity contribution in [1.29, 1.82) is 0 Å². The van der Waals surface area contributed by atoms with Gasteiger partial charge in [0.25, 0.3) is 16.7 Å². The van der Waals surface area contributed by atoms with E-state index in [2.05, 4.69) is 9.97 Å². The summed E-state index contributed by atoms with van der Waals surface area (Å²) in [7, 11) is 5.75. The molecule has 2 aromatic carbocycles. The van der Waals surface area contributed by atoms with E-state index < -0.39 is 28.1 Å². The summed E-state index contributed by atoms with van der Waals surface area (Å²) in [6.45, 7) is -0.0619. The molecular formula is C32H27Cl5N8O5. The molecule has 0 unspecified atom stereocenters. The lowest BCUT2D eigenvalue weighted by atomic mass is 9.97. The molecule has 0 spiro atoms. The van der Waals surface area contributed by atoms with E-state index in [9.17, 15) is 24.0 Å². The SMILES string of the molecule is Cn1c(=O)c2c(-c3ccc(Cl)cc3Cl)c(CN)c(=O)[nH]c2n(C)c1=O.Cn1c(=O)c2c(-c3ccc(Cl)cc3Cl)c(CN)c(Cl)nc2n(C)c1=O. The Labute approximate surface area is 306 Å². The molecule has 0 atom stereocenters. The van der Waals surface area contributed by atoms with Crippen molar-refractivity contribution in [2.24, 2.45) is 39.7 Å². The molecule has 260 valence electrons. The predicted octanol–water partition coefficient (Wildman–Crippen LogP) is 4.08. The first-order valence-corrected chi connectivity index (χ1v) is 16.4. The van der Waals surface area contributed by atoms with Gasteiger partial charge in [0.2, 0.25) is 0 Å². The zero-order valence-corrected chi connectivity index (χ0v) is 30.5. The second-order valence-electron chi connectivity index (χ2n) is 11.1. The van der Waals surface area contributed by atoms with E-state index in [1.165, 1.54) is 43.4 Å². The van der Waals surface area contributed by atoms with Crippen LogP contribution in [0.4, 0.5) is 0 Å². The number of H-pyrrole nitrogens is 1. The molecule has 5 N–H and O–H groups in total. The highest BCUT2D eigenvalue weighted by molar-refractivity contribution is 6.37. The zero-order valence-electron chi connectivity index (χ0n) is 26.7. The summed E-state index contributed by atoms with van der Waals surface area (Å²) in [5.74, 6) is 0. The summed E-state index contributed by atoms with van der Waals surface area (Å²) in [6, 6.07) is 9.61. The highest BCUT2D eigenvalue weighted by Crippen LogP contribution is 2.38. The second kappa shape index (κ2) is 14.2. The summed E-state index contributed by atoms with van der Waals surface area (Å²) >= 11 is 30.8. The van der Waals surface area contributed by atoms with Crippen LogP contribution in [0.25, 0.3) is 44.3 Å². The van der Waals surface area contributed by atoms with Gasteiger partial charge in [-0.15, -0.1) is 0 Å². The van der Waals surface area contributed by atoms with E-state index in [4.69, 9.17) is 69.5 Å². The number of nitrogens with zero attached hydrogens (tertiary/aromatic N) is 5. The van der Waals surface area contributed by atoms with Crippen LogP contribution < -0.4 is 39.5 Å². The monoisotopic (exact) mass is 778 g/mol. The molecule has 0 radical (unpaired) electrons. The van der Waals surface area contributed by atoms with Gasteiger partial charge in [-0.1, -0.05) is 70.1 Å². The van der Waals surface area contributed by atoms with Gasteiger partial charge >= 0.3 is 11.4 Å². The fraction of sp³-hybridized carbons (Fsp3) is 0.188. The zero-order chi connectivity index (χ0) is 36.9. The Balaban J connectivity index is 0.000000194. The fourth-order valence-electron chi connectivity index (χ4n) is 5.62. The molecule has 0 fully saturated rings. The molecule has 18 heteroatoms. The van der Waals surface area contributed by atoms with Gasteiger partial charge in [0.15, 0.2) is 5.65 Å². The van der Waals surface area contributed by atoms with E-state index in [0.29, 0.717) is 42.9 Å². The van der Waals surface area contributed by atoms with Crippen molar-refractivity contribution in [1.82, 2.24) is 28.2 Å². The molecule has 50 heavy (non-hydrogen) atoms. The molecule has 0 aliphatic rings. The number of aromatic nitrogens is 6. The Morgan fingerprint density at radius 1 is 0.640 bits per heavy atom. The third kappa shape index (κ3) is 6.19. The van der Waals surface area contributed by atoms with Crippen LogP contribution in [0, 0.1) is 0 Å². The van der Waals surface area contributed by atoms with Crippen LogP contribution in [0.3, 0.4) is 0 Å². The Morgan fingerprint density at radius 3 is 1.58 bits per heavy atom. The number of aryl methyl sites for hydroxylation is 2. The Bertz CT molecular complexity index is 2700. The average Bonchev–Trinajstić information content (AvgIpc) is 3.07. The highest BCUT2D eigenvalue weighted by atomic mass is 35.5. The van der Waals surface area contributed by atoms with E-state index >= 15 is 0 Å². The molecule has 6 aromatic rings. The van der Waals surface area contributed by atoms with E-state index in [1.54, 1.807) is 30.3 Å². The van der Waals surface area contributed by atoms with Gasteiger partial charge in [-0.3, -0.25) is 32.7 Å². The van der Waals surface area contributed by atoms with Crippen molar-refractivity contribution >= 4 is 80.1 Å². The number of nitrogens with two attached hydrogens (primary N) is 2. The first-order chi connectivity index (χ1) is 23.5. The predicted molar refractivity (Wildman–Crippen MR) is 199 cm³/mol. The summed E-state index contributed by atoms with van der Waals surface area (Å²) in [5.41, 5.74) is 11.7. The summed E-state index contributed by atoms with van der Waals surface area (Å²) in [6.07, 6.45) is 0. The van der Waals surface area contributed by atoms with Crippen LogP contribution in [0.15, 0.2) is 60.4 Å². The van der Waals surface area contributed by atoms with Gasteiger partial charge in [-0.25, -0.2) is 14.6 Å². The van der Waals surface area contributed by atoms with Crippen LogP contribution in [0.2, 0.25) is 25.2 Å². The Morgan fingerprint density at radius 2 is 1.10 bits per heavy atom. The van der Waals surface area contributed by atoms with Crippen molar-refractivity contribution in [2.45, 2.75) is 13.1 Å². The lowest BCUT2D eigenvalue weighted by Crippen LogP contribution is -2.39. The lowest BCUT2D eigenvalue weighted by molar-refractivity contribution is 0.706. The quantitative estimate of drug-likeness (QED) is 0.224. The fourth-order valence-corrected chi connectivity index (χ4v) is 6.88. The van der Waals surface area contributed by atoms with Crippen molar-refractivity contribution in [3.05, 3.63) is 125 Å². The van der Waals surface area contributed by atoms with E-state index in [1.807, 2.05) is 0 Å². The van der Waals surface area contributed by atoms with Crippen LogP contribution in [-0.2, 0) is 41.3 Å². The topological polar surface area (TPSA) is 186 Å². The molecule has 0 bridgehead atoms. The molecule has 4 aromatic heterocycles. The minimum atomic E-state index is -0.554.